The summed E-state index contributed by atoms with van der Waals surface area (Å²) in [6, 6.07) is 13.4. The van der Waals surface area contributed by atoms with Crippen LogP contribution >= 0.6 is 0 Å². The fourth-order valence-corrected chi connectivity index (χ4v) is 2.34. The lowest BCUT2D eigenvalue weighted by Gasteiger charge is -2.06. The molecule has 1 heterocycles. The summed E-state index contributed by atoms with van der Waals surface area (Å²) < 4.78 is 16.1. The Balaban J connectivity index is 1.65. The van der Waals surface area contributed by atoms with E-state index in [1.54, 1.807) is 37.4 Å². The van der Waals surface area contributed by atoms with Gasteiger partial charge >= 0.3 is 0 Å². The first-order valence-electron chi connectivity index (χ1n) is 8.10. The fraction of sp³-hybridized carbons (Fsp3) is 0.105. The molecule has 0 saturated heterocycles. The highest BCUT2D eigenvalue weighted by Crippen LogP contribution is 2.28. The maximum Gasteiger partial charge on any atom is 0.291 e. The molecule has 0 fully saturated rings. The molecule has 0 radical (unpaired) electrons. The van der Waals surface area contributed by atoms with E-state index in [0.717, 1.165) is 18.2 Å². The number of methoxy groups -OCH3 is 1. The van der Waals surface area contributed by atoms with Gasteiger partial charge in [0.15, 0.2) is 5.76 Å². The molecule has 3 aromatic rings. The molecule has 0 aliphatic rings. The molecule has 0 saturated carbocycles. The summed E-state index contributed by atoms with van der Waals surface area (Å²) in [5.74, 6) is 0.624. The number of carbonyl (C=O) groups excluding carboxylic acids is 1. The summed E-state index contributed by atoms with van der Waals surface area (Å²) >= 11 is 0. The molecule has 1 amide bonds. The van der Waals surface area contributed by atoms with Gasteiger partial charge in [-0.05, 0) is 30.3 Å². The van der Waals surface area contributed by atoms with Gasteiger partial charge in [-0.3, -0.25) is 14.9 Å². The predicted molar refractivity (Wildman–Crippen MR) is 98.7 cm³/mol. The Bertz CT molecular complexity index is 1010. The van der Waals surface area contributed by atoms with E-state index in [4.69, 9.17) is 13.9 Å². The highest BCUT2D eigenvalue weighted by atomic mass is 16.6. The molecular weight excluding hydrogens is 368 g/mol. The number of hydrogen-bond acceptors (Lipinski definition) is 7. The van der Waals surface area contributed by atoms with Crippen molar-refractivity contribution in [3.8, 4) is 17.2 Å². The summed E-state index contributed by atoms with van der Waals surface area (Å²) in [6.45, 7) is 0.0858. The number of aromatic hydroxyl groups is 1. The predicted octanol–water partition coefficient (Wildman–Crippen LogP) is 3.73. The molecule has 2 N–H and O–H groups in total. The van der Waals surface area contributed by atoms with Crippen molar-refractivity contribution >= 4 is 17.3 Å². The number of hydrogen-bond donors (Lipinski definition) is 2. The van der Waals surface area contributed by atoms with Crippen molar-refractivity contribution in [2.24, 2.45) is 0 Å². The first-order chi connectivity index (χ1) is 13.5. The molecule has 1 aromatic heterocycles. The van der Waals surface area contributed by atoms with Crippen molar-refractivity contribution in [3.05, 3.63) is 76.2 Å². The van der Waals surface area contributed by atoms with Gasteiger partial charge in [-0.25, -0.2) is 0 Å². The lowest BCUT2D eigenvalue weighted by Crippen LogP contribution is -2.11. The summed E-state index contributed by atoms with van der Waals surface area (Å²) in [5, 5.41) is 23.0. The molecule has 0 bridgehead atoms. The summed E-state index contributed by atoms with van der Waals surface area (Å²) in [7, 11) is 1.55. The second-order valence-electron chi connectivity index (χ2n) is 5.65. The standard InChI is InChI=1S/C19H16N2O7/c1-26-13-3-2-4-14(10-13)27-11-15-6-8-18(28-15)19(23)20-16-9-12(21(24)25)5-7-17(16)22/h2-10,22H,11H2,1H3,(H,20,23). The van der Waals surface area contributed by atoms with E-state index in [0.29, 0.717) is 17.3 Å². The van der Waals surface area contributed by atoms with Crippen molar-refractivity contribution in [1.82, 2.24) is 0 Å². The minimum Gasteiger partial charge on any atom is -0.506 e. The number of non-ortho nitro benzene ring substituents is 1. The summed E-state index contributed by atoms with van der Waals surface area (Å²) in [6.07, 6.45) is 0. The Morgan fingerprint density at radius 2 is 1.96 bits per heavy atom. The van der Waals surface area contributed by atoms with Gasteiger partial charge in [0, 0.05) is 18.2 Å². The molecule has 144 valence electrons. The summed E-state index contributed by atoms with van der Waals surface area (Å²) in [5.41, 5.74) is -0.357. The maximum absolute atomic E-state index is 12.3. The first-order valence-corrected chi connectivity index (χ1v) is 8.10. The number of furan rings is 1. The normalized spacial score (nSPS) is 10.3. The van der Waals surface area contributed by atoms with E-state index < -0.39 is 10.8 Å². The zero-order valence-electron chi connectivity index (χ0n) is 14.7. The minimum absolute atomic E-state index is 0.0323. The number of nitro groups is 1. The average Bonchev–Trinajstić information content (AvgIpc) is 3.17. The molecular formula is C19H16N2O7. The Morgan fingerprint density at radius 3 is 2.71 bits per heavy atom. The Hall–Kier alpha value is -4.01. The van der Waals surface area contributed by atoms with Crippen LogP contribution < -0.4 is 14.8 Å². The van der Waals surface area contributed by atoms with Crippen LogP contribution in [0.1, 0.15) is 16.3 Å². The monoisotopic (exact) mass is 384 g/mol. The van der Waals surface area contributed by atoms with Crippen molar-refractivity contribution < 1.29 is 28.7 Å². The molecule has 9 heteroatoms. The highest BCUT2D eigenvalue weighted by molar-refractivity contribution is 6.03. The molecule has 3 rings (SSSR count). The largest absolute Gasteiger partial charge is 0.506 e. The number of amides is 1. The number of rotatable bonds is 7. The molecule has 0 spiro atoms. The Labute approximate surface area is 159 Å². The summed E-state index contributed by atoms with van der Waals surface area (Å²) in [4.78, 5) is 22.5. The van der Waals surface area contributed by atoms with Gasteiger partial charge in [-0.15, -0.1) is 0 Å². The smallest absolute Gasteiger partial charge is 0.291 e. The van der Waals surface area contributed by atoms with Crippen LogP contribution in [0.4, 0.5) is 11.4 Å². The third-order valence-corrected chi connectivity index (χ3v) is 3.75. The quantitative estimate of drug-likeness (QED) is 0.361. The molecule has 0 aliphatic heterocycles. The van der Waals surface area contributed by atoms with E-state index in [1.807, 2.05) is 0 Å². The lowest BCUT2D eigenvalue weighted by molar-refractivity contribution is -0.384. The van der Waals surface area contributed by atoms with E-state index in [-0.39, 0.29) is 29.5 Å². The Morgan fingerprint density at radius 1 is 1.18 bits per heavy atom. The van der Waals surface area contributed by atoms with Crippen LogP contribution in [0, 0.1) is 10.1 Å². The number of phenols is 1. The van der Waals surface area contributed by atoms with Crippen LogP contribution in [0.2, 0.25) is 0 Å². The number of nitro benzene ring substituents is 1. The van der Waals surface area contributed by atoms with Gasteiger partial charge in [0.1, 0.15) is 29.6 Å². The second kappa shape index (κ2) is 8.12. The fourth-order valence-electron chi connectivity index (χ4n) is 2.34. The van der Waals surface area contributed by atoms with Crippen molar-refractivity contribution in [1.29, 1.82) is 0 Å². The SMILES string of the molecule is COc1cccc(OCc2ccc(C(=O)Nc3cc([N+](=O)[O-])ccc3O)o2)c1. The van der Waals surface area contributed by atoms with E-state index in [1.165, 1.54) is 6.07 Å². The average molecular weight is 384 g/mol. The molecule has 0 aliphatic carbocycles. The number of ether oxygens (including phenoxy) is 2. The third kappa shape index (κ3) is 4.39. The number of benzene rings is 2. The van der Waals surface area contributed by atoms with Crippen LogP contribution in [-0.2, 0) is 6.61 Å². The molecule has 28 heavy (non-hydrogen) atoms. The van der Waals surface area contributed by atoms with E-state index in [9.17, 15) is 20.0 Å². The maximum atomic E-state index is 12.3. The van der Waals surface area contributed by atoms with Crippen LogP contribution in [0.25, 0.3) is 0 Å². The molecule has 2 aromatic carbocycles. The molecule has 0 unspecified atom stereocenters. The number of nitrogens with zero attached hydrogens (tertiary/aromatic N) is 1. The van der Waals surface area contributed by atoms with Crippen molar-refractivity contribution in [3.63, 3.8) is 0 Å². The number of anilines is 1. The molecule has 9 nitrogen and oxygen atoms in total. The van der Waals surface area contributed by atoms with Crippen LogP contribution in [0.5, 0.6) is 17.2 Å². The second-order valence-corrected chi connectivity index (χ2v) is 5.65. The molecule has 0 atom stereocenters. The minimum atomic E-state index is -0.663. The Kier molecular flexibility index (Phi) is 5.45. The number of nitrogens with one attached hydrogen (secondary N) is 1. The number of carbonyl (C=O) groups is 1. The third-order valence-electron chi connectivity index (χ3n) is 3.75. The van der Waals surface area contributed by atoms with Gasteiger partial charge < -0.3 is 24.3 Å². The van der Waals surface area contributed by atoms with Gasteiger partial charge in [-0.2, -0.15) is 0 Å². The number of phenolic OH excluding ortho intramolecular Hbond substituents is 1. The van der Waals surface area contributed by atoms with Crippen LogP contribution in [-0.4, -0.2) is 23.0 Å². The van der Waals surface area contributed by atoms with Gasteiger partial charge in [0.25, 0.3) is 11.6 Å². The highest BCUT2D eigenvalue weighted by Gasteiger charge is 2.16. The first kappa shape index (κ1) is 18.8. The van der Waals surface area contributed by atoms with E-state index in [2.05, 4.69) is 5.32 Å². The zero-order valence-corrected chi connectivity index (χ0v) is 14.7. The van der Waals surface area contributed by atoms with E-state index >= 15 is 0 Å². The topological polar surface area (TPSA) is 124 Å². The van der Waals surface area contributed by atoms with Crippen molar-refractivity contribution in [2.45, 2.75) is 6.61 Å². The zero-order chi connectivity index (χ0) is 20.1. The van der Waals surface area contributed by atoms with Gasteiger partial charge in [0.2, 0.25) is 0 Å². The lowest BCUT2D eigenvalue weighted by atomic mass is 10.2. The van der Waals surface area contributed by atoms with Crippen LogP contribution in [0.15, 0.2) is 59.0 Å². The van der Waals surface area contributed by atoms with Gasteiger partial charge in [-0.1, -0.05) is 6.07 Å². The van der Waals surface area contributed by atoms with Crippen LogP contribution in [0.3, 0.4) is 0 Å². The van der Waals surface area contributed by atoms with Crippen molar-refractivity contribution in [2.75, 3.05) is 12.4 Å². The van der Waals surface area contributed by atoms with Gasteiger partial charge in [0.05, 0.1) is 17.7 Å².